The lowest BCUT2D eigenvalue weighted by Gasteiger charge is -1.93. The van der Waals surface area contributed by atoms with Gasteiger partial charge in [0.1, 0.15) is 0 Å². The van der Waals surface area contributed by atoms with E-state index in [0.29, 0.717) is 0 Å². The Morgan fingerprint density at radius 1 is 0.842 bits per heavy atom. The lowest BCUT2D eigenvalue weighted by Crippen LogP contribution is -1.95. The molecule has 0 aliphatic carbocycles. The Kier molecular flexibility index (Phi) is 7.61. The zero-order valence-corrected chi connectivity index (χ0v) is 11.3. The van der Waals surface area contributed by atoms with E-state index in [1.807, 2.05) is 0 Å². The summed E-state index contributed by atoms with van der Waals surface area (Å²) >= 11 is 0. The van der Waals surface area contributed by atoms with E-state index in [9.17, 15) is 9.59 Å². The van der Waals surface area contributed by atoms with E-state index in [0.717, 1.165) is 17.2 Å². The highest BCUT2D eigenvalue weighted by Crippen LogP contribution is 2.02. The maximum Gasteiger partial charge on any atom is 0.331 e. The summed E-state index contributed by atoms with van der Waals surface area (Å²) in [6.07, 6.45) is 11.2. The van der Waals surface area contributed by atoms with Crippen molar-refractivity contribution in [1.29, 1.82) is 0 Å². The van der Waals surface area contributed by atoms with Crippen LogP contribution in [0.5, 0.6) is 0 Å². The molecular formula is C15H18O4. The molecule has 0 aromatic carbocycles. The molecule has 0 saturated heterocycles. The third-order valence-electron chi connectivity index (χ3n) is 2.10. The normalized spacial score (nSPS) is 14.4. The molecular weight excluding hydrogens is 244 g/mol. The summed E-state index contributed by atoms with van der Waals surface area (Å²) in [6.45, 7) is 5.12. The minimum atomic E-state index is -0.984. The first-order chi connectivity index (χ1) is 8.82. The molecule has 0 unspecified atom stereocenters. The van der Waals surface area contributed by atoms with Gasteiger partial charge in [-0.1, -0.05) is 41.5 Å². The molecule has 0 fully saturated rings. The fourth-order valence-corrected chi connectivity index (χ4v) is 1.12. The van der Waals surface area contributed by atoms with Gasteiger partial charge in [0.25, 0.3) is 0 Å². The van der Waals surface area contributed by atoms with E-state index in [-0.39, 0.29) is 5.57 Å². The second-order valence-corrected chi connectivity index (χ2v) is 4.01. The van der Waals surface area contributed by atoms with E-state index >= 15 is 0 Å². The molecule has 0 aliphatic rings. The summed E-state index contributed by atoms with van der Waals surface area (Å²) in [5.41, 5.74) is 1.91. The first-order valence-corrected chi connectivity index (χ1v) is 5.67. The van der Waals surface area contributed by atoms with Crippen LogP contribution in [0, 0.1) is 0 Å². The van der Waals surface area contributed by atoms with Gasteiger partial charge in [-0.25, -0.2) is 9.59 Å². The van der Waals surface area contributed by atoms with Crippen molar-refractivity contribution < 1.29 is 19.8 Å². The highest BCUT2D eigenvalue weighted by Gasteiger charge is 1.97. The number of aliphatic carboxylic acids is 2. The summed E-state index contributed by atoms with van der Waals surface area (Å²) in [5.74, 6) is -1.92. The predicted octanol–water partition coefficient (Wildman–Crippen LogP) is 3.11. The SMILES string of the molecule is CC(/C=C/C(=O)O)=C\C=C\C=C(C)\C=C(/C)C(=O)O. The monoisotopic (exact) mass is 262 g/mol. The maximum absolute atomic E-state index is 10.6. The highest BCUT2D eigenvalue weighted by molar-refractivity contribution is 5.86. The first kappa shape index (κ1) is 16.6. The summed E-state index contributed by atoms with van der Waals surface area (Å²) in [7, 11) is 0. The molecule has 0 amide bonds. The molecule has 19 heavy (non-hydrogen) atoms. The van der Waals surface area contributed by atoms with Crippen LogP contribution in [0.25, 0.3) is 0 Å². The average Bonchev–Trinajstić information content (AvgIpc) is 2.31. The van der Waals surface area contributed by atoms with Gasteiger partial charge >= 0.3 is 11.9 Å². The van der Waals surface area contributed by atoms with E-state index in [4.69, 9.17) is 10.2 Å². The molecule has 0 bridgehead atoms. The van der Waals surface area contributed by atoms with Crippen LogP contribution in [-0.4, -0.2) is 22.2 Å². The summed E-state index contributed by atoms with van der Waals surface area (Å²) in [6, 6.07) is 0. The van der Waals surface area contributed by atoms with Crippen LogP contribution in [0.3, 0.4) is 0 Å². The molecule has 2 N–H and O–H groups in total. The van der Waals surface area contributed by atoms with Crippen molar-refractivity contribution in [2.45, 2.75) is 20.8 Å². The van der Waals surface area contributed by atoms with Gasteiger partial charge < -0.3 is 10.2 Å². The summed E-state index contributed by atoms with van der Waals surface area (Å²) < 4.78 is 0. The minimum absolute atomic E-state index is 0.276. The zero-order chi connectivity index (χ0) is 14.8. The van der Waals surface area contributed by atoms with Crippen molar-refractivity contribution in [3.8, 4) is 0 Å². The molecule has 0 radical (unpaired) electrons. The fraction of sp³-hybridized carbons (Fsp3) is 0.200. The van der Waals surface area contributed by atoms with E-state index in [1.165, 1.54) is 13.0 Å². The number of allylic oxidation sites excluding steroid dienone is 8. The van der Waals surface area contributed by atoms with Crippen molar-refractivity contribution in [2.24, 2.45) is 0 Å². The molecule has 102 valence electrons. The topological polar surface area (TPSA) is 74.6 Å². The second kappa shape index (κ2) is 8.69. The van der Waals surface area contributed by atoms with Crippen LogP contribution >= 0.6 is 0 Å². The maximum atomic E-state index is 10.6. The quantitative estimate of drug-likeness (QED) is 0.569. The Morgan fingerprint density at radius 3 is 1.84 bits per heavy atom. The van der Waals surface area contributed by atoms with Crippen molar-refractivity contribution in [2.75, 3.05) is 0 Å². The van der Waals surface area contributed by atoms with Gasteiger partial charge in [0.2, 0.25) is 0 Å². The summed E-state index contributed by atoms with van der Waals surface area (Å²) in [5, 5.41) is 17.1. The Labute approximate surface area is 112 Å². The molecule has 4 nitrogen and oxygen atoms in total. The molecule has 0 spiro atoms. The Bertz CT molecular complexity index is 488. The standard InChI is InChI=1S/C15H18O4/c1-11(8-9-14(16)17)6-4-5-7-12(2)10-13(3)15(18)19/h4-10H,1-3H3,(H,16,17)(H,18,19)/b5-4+,9-8+,11-6+,12-7+,13-10+. The lowest BCUT2D eigenvalue weighted by atomic mass is 10.2. The Morgan fingerprint density at radius 2 is 1.37 bits per heavy atom. The van der Waals surface area contributed by atoms with Crippen molar-refractivity contribution in [3.63, 3.8) is 0 Å². The van der Waals surface area contributed by atoms with Crippen LogP contribution in [0.2, 0.25) is 0 Å². The van der Waals surface area contributed by atoms with Crippen LogP contribution in [0.4, 0.5) is 0 Å². The Balaban J connectivity index is 4.59. The highest BCUT2D eigenvalue weighted by atomic mass is 16.4. The lowest BCUT2D eigenvalue weighted by molar-refractivity contribution is -0.133. The summed E-state index contributed by atoms with van der Waals surface area (Å²) in [4.78, 5) is 20.9. The fourth-order valence-electron chi connectivity index (χ4n) is 1.12. The smallest absolute Gasteiger partial charge is 0.331 e. The van der Waals surface area contributed by atoms with Crippen LogP contribution in [0.1, 0.15) is 20.8 Å². The molecule has 0 rings (SSSR count). The van der Waals surface area contributed by atoms with E-state index in [2.05, 4.69) is 0 Å². The molecule has 0 aliphatic heterocycles. The number of carboxylic acids is 2. The van der Waals surface area contributed by atoms with Crippen molar-refractivity contribution in [3.05, 3.63) is 59.3 Å². The minimum Gasteiger partial charge on any atom is -0.478 e. The molecule has 0 saturated carbocycles. The van der Waals surface area contributed by atoms with Gasteiger partial charge in [0.15, 0.2) is 0 Å². The van der Waals surface area contributed by atoms with Gasteiger partial charge in [-0.05, 0) is 26.8 Å². The molecule has 0 atom stereocenters. The Hall–Kier alpha value is -2.36. The second-order valence-electron chi connectivity index (χ2n) is 4.01. The molecule has 4 heteroatoms. The molecule has 0 aromatic rings. The van der Waals surface area contributed by atoms with E-state index in [1.54, 1.807) is 44.2 Å². The number of hydrogen-bond donors (Lipinski definition) is 2. The number of rotatable bonds is 6. The zero-order valence-electron chi connectivity index (χ0n) is 11.3. The first-order valence-electron chi connectivity index (χ1n) is 5.67. The average molecular weight is 262 g/mol. The van der Waals surface area contributed by atoms with Gasteiger partial charge in [0, 0.05) is 11.6 Å². The van der Waals surface area contributed by atoms with Gasteiger partial charge in [-0.3, -0.25) is 0 Å². The number of hydrogen-bond acceptors (Lipinski definition) is 2. The number of carbonyl (C=O) groups is 2. The molecule has 0 heterocycles. The van der Waals surface area contributed by atoms with Gasteiger partial charge in [-0.15, -0.1) is 0 Å². The third-order valence-corrected chi connectivity index (χ3v) is 2.10. The third kappa shape index (κ3) is 9.35. The van der Waals surface area contributed by atoms with Gasteiger partial charge in [0.05, 0.1) is 0 Å². The largest absolute Gasteiger partial charge is 0.478 e. The van der Waals surface area contributed by atoms with Gasteiger partial charge in [-0.2, -0.15) is 0 Å². The molecule has 0 aromatic heterocycles. The number of carboxylic acid groups (broad SMARTS) is 2. The van der Waals surface area contributed by atoms with E-state index < -0.39 is 11.9 Å². The van der Waals surface area contributed by atoms with Crippen molar-refractivity contribution in [1.82, 2.24) is 0 Å². The van der Waals surface area contributed by atoms with Crippen LogP contribution < -0.4 is 0 Å². The van der Waals surface area contributed by atoms with Crippen molar-refractivity contribution >= 4 is 11.9 Å². The van der Waals surface area contributed by atoms with Crippen LogP contribution in [0.15, 0.2) is 59.3 Å². The van der Waals surface area contributed by atoms with Crippen LogP contribution in [-0.2, 0) is 9.59 Å². The predicted molar refractivity (Wildman–Crippen MR) is 74.8 cm³/mol.